The highest BCUT2D eigenvalue weighted by molar-refractivity contribution is 5.98. The van der Waals surface area contributed by atoms with Crippen LogP contribution in [0.5, 0.6) is 0 Å². The number of carbonyl (C=O) groups excluding carboxylic acids is 3. The molecule has 23 heavy (non-hydrogen) atoms. The molecule has 2 atom stereocenters. The molecule has 0 bridgehead atoms. The van der Waals surface area contributed by atoms with E-state index in [1.54, 1.807) is 19.1 Å². The summed E-state index contributed by atoms with van der Waals surface area (Å²) in [6.45, 7) is 5.35. The van der Waals surface area contributed by atoms with E-state index in [1.807, 2.05) is 26.0 Å². The summed E-state index contributed by atoms with van der Waals surface area (Å²) < 4.78 is 5.04. The Bertz CT molecular complexity index is 554. The smallest absolute Gasteiger partial charge is 0.329 e. The average molecular weight is 320 g/mol. The third kappa shape index (κ3) is 5.73. The Morgan fingerprint density at radius 3 is 2.26 bits per heavy atom. The molecule has 0 saturated carbocycles. The van der Waals surface area contributed by atoms with Gasteiger partial charge in [-0.25, -0.2) is 9.59 Å². The van der Waals surface area contributed by atoms with Crippen molar-refractivity contribution in [2.24, 2.45) is 11.7 Å². The molecule has 2 amide bonds. The number of benzene rings is 1. The van der Waals surface area contributed by atoms with Crippen LogP contribution in [0.4, 0.5) is 4.79 Å². The lowest BCUT2D eigenvalue weighted by Gasteiger charge is -2.21. The van der Waals surface area contributed by atoms with E-state index in [2.05, 4.69) is 5.32 Å². The largest absolute Gasteiger partial charge is 0.456 e. The molecule has 0 fully saturated rings. The second kappa shape index (κ2) is 8.92. The van der Waals surface area contributed by atoms with E-state index in [4.69, 9.17) is 10.5 Å². The van der Waals surface area contributed by atoms with Gasteiger partial charge in [-0.2, -0.15) is 0 Å². The monoisotopic (exact) mass is 320 g/mol. The number of ketones is 1. The molecule has 6 heteroatoms. The van der Waals surface area contributed by atoms with E-state index in [-0.39, 0.29) is 18.3 Å². The van der Waals surface area contributed by atoms with Gasteiger partial charge in [-0.05, 0) is 17.9 Å². The lowest BCUT2D eigenvalue weighted by molar-refractivity contribution is -0.146. The van der Waals surface area contributed by atoms with Crippen LogP contribution in [0.1, 0.15) is 43.1 Å². The van der Waals surface area contributed by atoms with Crippen LogP contribution < -0.4 is 11.1 Å². The van der Waals surface area contributed by atoms with Crippen LogP contribution in [0.15, 0.2) is 24.3 Å². The summed E-state index contributed by atoms with van der Waals surface area (Å²) in [4.78, 5) is 35.1. The second-order valence-electron chi connectivity index (χ2n) is 5.45. The van der Waals surface area contributed by atoms with Gasteiger partial charge < -0.3 is 15.8 Å². The number of aryl methyl sites for hydroxylation is 1. The fourth-order valence-corrected chi connectivity index (χ4v) is 2.06. The summed E-state index contributed by atoms with van der Waals surface area (Å²) in [6, 6.07) is 5.50. The summed E-state index contributed by atoms with van der Waals surface area (Å²) >= 11 is 0. The molecule has 0 saturated heterocycles. The van der Waals surface area contributed by atoms with Crippen molar-refractivity contribution in [2.75, 3.05) is 6.61 Å². The fourth-order valence-electron chi connectivity index (χ4n) is 2.06. The molecule has 0 radical (unpaired) electrons. The number of nitrogens with two attached hydrogens (primary N) is 1. The lowest BCUT2D eigenvalue weighted by Crippen LogP contribution is -2.48. The molecule has 1 aromatic carbocycles. The van der Waals surface area contributed by atoms with Gasteiger partial charge in [-0.3, -0.25) is 4.79 Å². The first kappa shape index (κ1) is 18.7. The van der Waals surface area contributed by atoms with Crippen LogP contribution in [0.3, 0.4) is 0 Å². The highest BCUT2D eigenvalue weighted by Gasteiger charge is 2.27. The van der Waals surface area contributed by atoms with E-state index in [0.29, 0.717) is 12.0 Å². The van der Waals surface area contributed by atoms with Crippen molar-refractivity contribution in [3.63, 3.8) is 0 Å². The quantitative estimate of drug-likeness (QED) is 0.566. The predicted octanol–water partition coefficient (Wildman–Crippen LogP) is 2.06. The maximum absolute atomic E-state index is 12.1. The van der Waals surface area contributed by atoms with Gasteiger partial charge in [0.1, 0.15) is 6.04 Å². The molecule has 0 aliphatic rings. The third-order valence-electron chi connectivity index (χ3n) is 3.79. The van der Waals surface area contributed by atoms with Crippen LogP contribution in [0, 0.1) is 5.92 Å². The minimum Gasteiger partial charge on any atom is -0.456 e. The van der Waals surface area contributed by atoms with E-state index < -0.39 is 18.0 Å². The number of primary amides is 1. The minimum atomic E-state index is -0.854. The molecule has 0 unspecified atom stereocenters. The normalized spacial score (nSPS) is 13.0. The van der Waals surface area contributed by atoms with Gasteiger partial charge in [0.15, 0.2) is 12.4 Å². The fraction of sp³-hybridized carbons (Fsp3) is 0.471. The van der Waals surface area contributed by atoms with Gasteiger partial charge in [-0.15, -0.1) is 0 Å². The van der Waals surface area contributed by atoms with Crippen molar-refractivity contribution < 1.29 is 19.1 Å². The van der Waals surface area contributed by atoms with E-state index in [1.165, 1.54) is 0 Å². The van der Waals surface area contributed by atoms with Gasteiger partial charge in [0.25, 0.3) is 0 Å². The predicted molar refractivity (Wildman–Crippen MR) is 87.1 cm³/mol. The van der Waals surface area contributed by atoms with Gasteiger partial charge in [0, 0.05) is 5.56 Å². The summed E-state index contributed by atoms with van der Waals surface area (Å²) in [6.07, 6.45) is 1.55. The van der Waals surface area contributed by atoms with Crippen LogP contribution in [0.25, 0.3) is 0 Å². The van der Waals surface area contributed by atoms with Crippen LogP contribution in [0.2, 0.25) is 0 Å². The summed E-state index contributed by atoms with van der Waals surface area (Å²) in [5, 5.41) is 2.36. The number of ether oxygens (including phenoxy) is 1. The first-order chi connectivity index (χ1) is 10.9. The molecule has 0 aromatic heterocycles. The number of hydrogen-bond donors (Lipinski definition) is 2. The lowest BCUT2D eigenvalue weighted by atomic mass is 9.99. The maximum atomic E-state index is 12.1. The van der Waals surface area contributed by atoms with Crippen molar-refractivity contribution in [2.45, 2.75) is 39.7 Å². The Labute approximate surface area is 136 Å². The Kier molecular flexibility index (Phi) is 7.25. The van der Waals surface area contributed by atoms with Gasteiger partial charge in [-0.1, -0.05) is 51.5 Å². The van der Waals surface area contributed by atoms with Crippen LogP contribution in [-0.2, 0) is 16.0 Å². The SMILES string of the molecule is CCc1ccc(C(=O)COC(=O)[C@@H](NC(N)=O)[C@@H](C)CC)cc1. The van der Waals surface area contributed by atoms with Crippen LogP contribution >= 0.6 is 0 Å². The van der Waals surface area contributed by atoms with Gasteiger partial charge in [0.05, 0.1) is 0 Å². The number of hydrogen-bond acceptors (Lipinski definition) is 4. The number of urea groups is 1. The zero-order chi connectivity index (χ0) is 17.4. The molecule has 0 aliphatic carbocycles. The highest BCUT2D eigenvalue weighted by atomic mass is 16.5. The maximum Gasteiger partial charge on any atom is 0.329 e. The Balaban J connectivity index is 2.64. The molecule has 3 N–H and O–H groups in total. The zero-order valence-corrected chi connectivity index (χ0v) is 13.8. The number of amides is 2. The van der Waals surface area contributed by atoms with Crippen molar-refractivity contribution in [3.05, 3.63) is 35.4 Å². The molecule has 1 aromatic rings. The number of esters is 1. The number of rotatable bonds is 8. The van der Waals surface area contributed by atoms with Crippen molar-refractivity contribution in [1.29, 1.82) is 0 Å². The summed E-state index contributed by atoms with van der Waals surface area (Å²) in [5.41, 5.74) is 6.68. The number of Topliss-reactive ketones (excluding diaryl/α,β-unsaturated/α-hetero) is 1. The Morgan fingerprint density at radius 1 is 1.17 bits per heavy atom. The highest BCUT2D eigenvalue weighted by Crippen LogP contribution is 2.10. The minimum absolute atomic E-state index is 0.145. The average Bonchev–Trinajstić information content (AvgIpc) is 2.56. The van der Waals surface area contributed by atoms with Crippen molar-refractivity contribution in [1.82, 2.24) is 5.32 Å². The summed E-state index contributed by atoms with van der Waals surface area (Å²) in [5.74, 6) is -1.09. The zero-order valence-electron chi connectivity index (χ0n) is 13.8. The van der Waals surface area contributed by atoms with E-state index in [0.717, 1.165) is 12.0 Å². The molecule has 0 spiro atoms. The Hall–Kier alpha value is -2.37. The second-order valence-corrected chi connectivity index (χ2v) is 5.45. The first-order valence-electron chi connectivity index (χ1n) is 7.73. The van der Waals surface area contributed by atoms with Gasteiger partial charge >= 0.3 is 12.0 Å². The summed E-state index contributed by atoms with van der Waals surface area (Å²) in [7, 11) is 0. The molecule has 6 nitrogen and oxygen atoms in total. The third-order valence-corrected chi connectivity index (χ3v) is 3.79. The molecular formula is C17H24N2O4. The molecule has 0 aliphatic heterocycles. The number of nitrogens with one attached hydrogen (secondary N) is 1. The molecule has 0 heterocycles. The van der Waals surface area contributed by atoms with E-state index in [9.17, 15) is 14.4 Å². The van der Waals surface area contributed by atoms with Crippen molar-refractivity contribution >= 4 is 17.8 Å². The van der Waals surface area contributed by atoms with Crippen molar-refractivity contribution in [3.8, 4) is 0 Å². The Morgan fingerprint density at radius 2 is 1.78 bits per heavy atom. The molecular weight excluding hydrogens is 296 g/mol. The number of carbonyl (C=O) groups is 3. The standard InChI is InChI=1S/C17H24N2O4/c1-4-11(3)15(19-17(18)22)16(21)23-10-14(20)13-8-6-12(5-2)7-9-13/h6-9,11,15H,4-5,10H2,1-3H3,(H3,18,19,22)/t11-,15-/m0/s1. The van der Waals surface area contributed by atoms with Gasteiger partial charge in [0.2, 0.25) is 0 Å². The topological polar surface area (TPSA) is 98.5 Å². The molecule has 126 valence electrons. The first-order valence-corrected chi connectivity index (χ1v) is 7.73. The van der Waals surface area contributed by atoms with Crippen LogP contribution in [-0.4, -0.2) is 30.4 Å². The van der Waals surface area contributed by atoms with E-state index >= 15 is 0 Å². The molecule has 1 rings (SSSR count).